The van der Waals surface area contributed by atoms with Gasteiger partial charge in [0.25, 0.3) is 0 Å². The van der Waals surface area contributed by atoms with Crippen molar-refractivity contribution in [3.8, 4) is 5.69 Å². The highest BCUT2D eigenvalue weighted by Gasteiger charge is 2.29. The molecule has 1 fully saturated rings. The Balaban J connectivity index is 1.98. The zero-order valence-corrected chi connectivity index (χ0v) is 15.9. The first-order valence-corrected chi connectivity index (χ1v) is 9.08. The average molecular weight is 391 g/mol. The minimum atomic E-state index is 0.542. The van der Waals surface area contributed by atoms with Crippen LogP contribution >= 0.6 is 15.9 Å². The summed E-state index contributed by atoms with van der Waals surface area (Å²) in [5, 5.41) is 11.9. The molecule has 0 atom stereocenters. The van der Waals surface area contributed by atoms with Crippen LogP contribution < -0.4 is 5.32 Å². The van der Waals surface area contributed by atoms with Gasteiger partial charge < -0.3 is 10.2 Å². The molecule has 1 saturated heterocycles. The molecule has 0 saturated carbocycles. The first kappa shape index (κ1) is 17.1. The van der Waals surface area contributed by atoms with Gasteiger partial charge in [-0.15, -0.1) is 10.2 Å². The Labute approximate surface area is 151 Å². The fourth-order valence-electron chi connectivity index (χ4n) is 2.83. The second-order valence-corrected chi connectivity index (χ2v) is 6.97. The van der Waals surface area contributed by atoms with Crippen molar-refractivity contribution in [3.05, 3.63) is 40.7 Å². The minimum absolute atomic E-state index is 0.542. The summed E-state index contributed by atoms with van der Waals surface area (Å²) in [5.41, 5.74) is 3.10. The SMILES string of the molecule is CCC/C=C(/c1nncn1-c1cc(Br)cnc1C)N1CC(NC)C1. The molecule has 6 nitrogen and oxygen atoms in total. The smallest absolute Gasteiger partial charge is 0.184 e. The number of hydrogen-bond donors (Lipinski definition) is 1. The summed E-state index contributed by atoms with van der Waals surface area (Å²) in [6.07, 6.45) is 7.98. The highest BCUT2D eigenvalue weighted by atomic mass is 79.9. The Morgan fingerprint density at radius 1 is 1.46 bits per heavy atom. The number of allylic oxidation sites excluding steroid dienone is 1. The molecular weight excluding hydrogens is 368 g/mol. The Morgan fingerprint density at radius 2 is 2.25 bits per heavy atom. The summed E-state index contributed by atoms with van der Waals surface area (Å²) in [4.78, 5) is 6.79. The van der Waals surface area contributed by atoms with Gasteiger partial charge in [-0.3, -0.25) is 9.55 Å². The fraction of sp³-hybridized carbons (Fsp3) is 0.471. The topological polar surface area (TPSA) is 58.9 Å². The number of likely N-dealkylation sites (N-methyl/N-ethyl adjacent to an activating group) is 1. The number of halogens is 1. The maximum absolute atomic E-state index is 4.44. The van der Waals surface area contributed by atoms with Crippen LogP contribution in [0.2, 0.25) is 0 Å². The van der Waals surface area contributed by atoms with Gasteiger partial charge in [-0.05, 0) is 42.4 Å². The monoisotopic (exact) mass is 390 g/mol. The quantitative estimate of drug-likeness (QED) is 0.821. The summed E-state index contributed by atoms with van der Waals surface area (Å²) < 4.78 is 2.97. The molecule has 1 N–H and O–H groups in total. The second-order valence-electron chi connectivity index (χ2n) is 6.05. The van der Waals surface area contributed by atoms with Gasteiger partial charge in [-0.2, -0.15) is 0 Å². The minimum Gasteiger partial charge on any atom is -0.365 e. The fourth-order valence-corrected chi connectivity index (χ4v) is 3.15. The van der Waals surface area contributed by atoms with E-state index >= 15 is 0 Å². The number of aromatic nitrogens is 4. The maximum atomic E-state index is 4.44. The number of rotatable bonds is 6. The number of unbranched alkanes of at least 4 members (excludes halogenated alkanes) is 1. The van der Waals surface area contributed by atoms with Gasteiger partial charge in [0.2, 0.25) is 0 Å². The lowest BCUT2D eigenvalue weighted by atomic mass is 10.1. The highest BCUT2D eigenvalue weighted by molar-refractivity contribution is 9.10. The molecular formula is C17H23BrN6. The van der Waals surface area contributed by atoms with Gasteiger partial charge >= 0.3 is 0 Å². The lowest BCUT2D eigenvalue weighted by Gasteiger charge is -2.42. The molecule has 24 heavy (non-hydrogen) atoms. The summed E-state index contributed by atoms with van der Waals surface area (Å²) >= 11 is 3.51. The molecule has 1 aliphatic rings. The predicted octanol–water partition coefficient (Wildman–Crippen LogP) is 2.78. The van der Waals surface area contributed by atoms with Gasteiger partial charge in [-0.25, -0.2) is 0 Å². The number of pyridine rings is 1. The maximum Gasteiger partial charge on any atom is 0.184 e. The van der Waals surface area contributed by atoms with E-state index in [1.54, 1.807) is 6.33 Å². The Kier molecular flexibility index (Phi) is 5.30. The first-order chi connectivity index (χ1) is 11.6. The van der Waals surface area contributed by atoms with Crippen LogP contribution in [0, 0.1) is 6.92 Å². The van der Waals surface area contributed by atoms with E-state index < -0.39 is 0 Å². The molecule has 2 aromatic rings. The predicted molar refractivity (Wildman–Crippen MR) is 98.9 cm³/mol. The van der Waals surface area contributed by atoms with Crippen LogP contribution in [0.3, 0.4) is 0 Å². The first-order valence-electron chi connectivity index (χ1n) is 8.29. The molecule has 0 amide bonds. The van der Waals surface area contributed by atoms with Crippen molar-refractivity contribution in [2.75, 3.05) is 20.1 Å². The van der Waals surface area contributed by atoms with E-state index in [0.717, 1.165) is 53.3 Å². The second kappa shape index (κ2) is 7.44. The number of likely N-dealkylation sites (tertiary alicyclic amines) is 1. The van der Waals surface area contributed by atoms with Gasteiger partial charge in [0, 0.05) is 29.8 Å². The molecule has 0 bridgehead atoms. The summed E-state index contributed by atoms with van der Waals surface area (Å²) in [7, 11) is 2.01. The Bertz CT molecular complexity index is 732. The molecule has 7 heteroatoms. The van der Waals surface area contributed by atoms with Gasteiger partial charge in [0.1, 0.15) is 6.33 Å². The normalized spacial score (nSPS) is 15.7. The van der Waals surface area contributed by atoms with E-state index in [4.69, 9.17) is 0 Å². The molecule has 0 radical (unpaired) electrons. The summed E-state index contributed by atoms with van der Waals surface area (Å²) in [6.45, 7) is 6.18. The van der Waals surface area contributed by atoms with Crippen LogP contribution in [0.5, 0.6) is 0 Å². The van der Waals surface area contributed by atoms with Crippen molar-refractivity contribution >= 4 is 21.6 Å². The van der Waals surface area contributed by atoms with Crippen molar-refractivity contribution in [3.63, 3.8) is 0 Å². The average Bonchev–Trinajstić information content (AvgIpc) is 3.00. The Hall–Kier alpha value is -1.73. The van der Waals surface area contributed by atoms with Crippen molar-refractivity contribution in [1.29, 1.82) is 0 Å². The van der Waals surface area contributed by atoms with Crippen molar-refractivity contribution in [2.24, 2.45) is 0 Å². The molecule has 0 aromatic carbocycles. The third-order valence-corrected chi connectivity index (χ3v) is 4.75. The standard InChI is InChI=1S/C17H23BrN6/c1-4-5-6-15(23-9-14(10-23)19-3)17-22-21-11-24(17)16-7-13(18)8-20-12(16)2/h6-8,11,14,19H,4-5,9-10H2,1-3H3/b15-6-. The molecule has 0 aliphatic carbocycles. The molecule has 3 rings (SSSR count). The van der Waals surface area contributed by atoms with E-state index in [2.05, 4.69) is 60.4 Å². The molecule has 3 heterocycles. The molecule has 0 spiro atoms. The van der Waals surface area contributed by atoms with Crippen LogP contribution in [-0.2, 0) is 0 Å². The molecule has 1 aliphatic heterocycles. The third-order valence-electron chi connectivity index (χ3n) is 4.32. The van der Waals surface area contributed by atoms with Crippen molar-refractivity contribution in [1.82, 2.24) is 30.0 Å². The summed E-state index contributed by atoms with van der Waals surface area (Å²) in [5.74, 6) is 0.876. The van der Waals surface area contributed by atoms with Gasteiger partial charge in [0.05, 0.1) is 17.1 Å². The zero-order chi connectivity index (χ0) is 17.1. The van der Waals surface area contributed by atoms with E-state index in [1.165, 1.54) is 0 Å². The van der Waals surface area contributed by atoms with E-state index in [1.807, 2.05) is 24.7 Å². The number of aryl methyl sites for hydroxylation is 1. The molecule has 128 valence electrons. The van der Waals surface area contributed by atoms with Crippen LogP contribution in [0.1, 0.15) is 31.3 Å². The van der Waals surface area contributed by atoms with Gasteiger partial charge in [-0.1, -0.05) is 19.4 Å². The van der Waals surface area contributed by atoms with Crippen molar-refractivity contribution < 1.29 is 0 Å². The molecule has 2 aromatic heterocycles. The lowest BCUT2D eigenvalue weighted by Crippen LogP contribution is -2.55. The lowest BCUT2D eigenvalue weighted by molar-refractivity contribution is 0.209. The summed E-state index contributed by atoms with van der Waals surface area (Å²) in [6, 6.07) is 2.60. The van der Waals surface area contributed by atoms with E-state index in [9.17, 15) is 0 Å². The number of nitrogens with one attached hydrogen (secondary N) is 1. The van der Waals surface area contributed by atoms with Crippen LogP contribution in [0.25, 0.3) is 11.4 Å². The number of hydrogen-bond acceptors (Lipinski definition) is 5. The van der Waals surface area contributed by atoms with E-state index in [0.29, 0.717) is 6.04 Å². The van der Waals surface area contributed by atoms with Crippen LogP contribution in [0.15, 0.2) is 29.1 Å². The number of nitrogens with zero attached hydrogens (tertiary/aromatic N) is 5. The van der Waals surface area contributed by atoms with E-state index in [-0.39, 0.29) is 0 Å². The molecule has 0 unspecified atom stereocenters. The van der Waals surface area contributed by atoms with Crippen LogP contribution in [0.4, 0.5) is 0 Å². The third kappa shape index (κ3) is 3.37. The van der Waals surface area contributed by atoms with Crippen LogP contribution in [-0.4, -0.2) is 50.8 Å². The van der Waals surface area contributed by atoms with Gasteiger partial charge in [0.15, 0.2) is 5.82 Å². The Morgan fingerprint density at radius 3 is 2.96 bits per heavy atom. The highest BCUT2D eigenvalue weighted by Crippen LogP contribution is 2.27. The largest absolute Gasteiger partial charge is 0.365 e. The van der Waals surface area contributed by atoms with Crippen molar-refractivity contribution in [2.45, 2.75) is 32.7 Å². The zero-order valence-electron chi connectivity index (χ0n) is 14.3.